The van der Waals surface area contributed by atoms with Crippen molar-refractivity contribution in [1.82, 2.24) is 4.98 Å². The van der Waals surface area contributed by atoms with Crippen LogP contribution in [0.15, 0.2) is 59.6 Å². The lowest BCUT2D eigenvalue weighted by molar-refractivity contribution is 0.509. The molecule has 140 valence electrons. The summed E-state index contributed by atoms with van der Waals surface area (Å²) in [5.41, 5.74) is 2.45. The average Bonchev–Trinajstić information content (AvgIpc) is 2.59. The molecule has 8 heteroatoms. The Bertz CT molecular complexity index is 1080. The summed E-state index contributed by atoms with van der Waals surface area (Å²) in [7, 11) is -3.77. The van der Waals surface area contributed by atoms with E-state index >= 15 is 0 Å². The van der Waals surface area contributed by atoms with E-state index in [0.29, 0.717) is 16.9 Å². The summed E-state index contributed by atoms with van der Waals surface area (Å²) in [6, 6.07) is 11.5. The van der Waals surface area contributed by atoms with Crippen LogP contribution >= 0.6 is 0 Å². The molecule has 0 fully saturated rings. The second-order valence-corrected chi connectivity index (χ2v) is 7.71. The van der Waals surface area contributed by atoms with Gasteiger partial charge in [-0.05, 0) is 49.7 Å². The van der Waals surface area contributed by atoms with Crippen LogP contribution < -0.4 is 10.0 Å². The lowest BCUT2D eigenvalue weighted by atomic mass is 10.2. The van der Waals surface area contributed by atoms with Crippen LogP contribution in [-0.4, -0.2) is 13.4 Å². The zero-order chi connectivity index (χ0) is 19.6. The number of benzene rings is 2. The highest BCUT2D eigenvalue weighted by molar-refractivity contribution is 7.92. The van der Waals surface area contributed by atoms with Crippen molar-refractivity contribution in [2.45, 2.75) is 18.7 Å². The molecule has 27 heavy (non-hydrogen) atoms. The van der Waals surface area contributed by atoms with E-state index < -0.39 is 21.7 Å². The van der Waals surface area contributed by atoms with Gasteiger partial charge in [-0.25, -0.2) is 22.2 Å². The van der Waals surface area contributed by atoms with Gasteiger partial charge in [-0.2, -0.15) is 0 Å². The number of sulfonamides is 1. The van der Waals surface area contributed by atoms with Crippen molar-refractivity contribution >= 4 is 27.2 Å². The van der Waals surface area contributed by atoms with Gasteiger partial charge in [0.1, 0.15) is 5.82 Å². The topological polar surface area (TPSA) is 71.1 Å². The molecular weight excluding hydrogens is 372 g/mol. The van der Waals surface area contributed by atoms with E-state index in [9.17, 15) is 17.2 Å². The summed E-state index contributed by atoms with van der Waals surface area (Å²) < 4.78 is 53.7. The smallest absolute Gasteiger partial charge is 0.263 e. The molecule has 0 aliphatic carbocycles. The number of pyridine rings is 1. The maximum Gasteiger partial charge on any atom is 0.263 e. The number of aryl methyl sites for hydroxylation is 2. The van der Waals surface area contributed by atoms with Crippen LogP contribution in [0.1, 0.15) is 11.1 Å². The Morgan fingerprint density at radius 2 is 1.63 bits per heavy atom. The van der Waals surface area contributed by atoms with Crippen LogP contribution in [0.3, 0.4) is 0 Å². The Hall–Kier alpha value is -3.00. The Morgan fingerprint density at radius 1 is 0.889 bits per heavy atom. The number of nitrogens with zero attached hydrogens (tertiary/aromatic N) is 1. The van der Waals surface area contributed by atoms with Crippen molar-refractivity contribution in [2.75, 3.05) is 10.0 Å². The molecule has 0 radical (unpaired) electrons. The third kappa shape index (κ3) is 4.40. The number of hydrogen-bond donors (Lipinski definition) is 2. The van der Waals surface area contributed by atoms with Crippen molar-refractivity contribution in [3.05, 3.63) is 77.5 Å². The monoisotopic (exact) mass is 389 g/mol. The molecule has 0 amide bonds. The Morgan fingerprint density at radius 3 is 2.26 bits per heavy atom. The van der Waals surface area contributed by atoms with E-state index in [2.05, 4.69) is 15.0 Å². The molecule has 3 aromatic rings. The average molecular weight is 389 g/mol. The highest BCUT2D eigenvalue weighted by Crippen LogP contribution is 2.22. The Kier molecular flexibility index (Phi) is 5.09. The molecule has 0 saturated carbocycles. The Balaban J connectivity index is 1.76. The van der Waals surface area contributed by atoms with E-state index in [-0.39, 0.29) is 10.7 Å². The molecule has 0 saturated heterocycles. The van der Waals surface area contributed by atoms with Crippen LogP contribution in [-0.2, 0) is 10.0 Å². The number of rotatable bonds is 5. The lowest BCUT2D eigenvalue weighted by Gasteiger charge is -2.11. The highest BCUT2D eigenvalue weighted by atomic mass is 32.2. The van der Waals surface area contributed by atoms with Gasteiger partial charge in [0.25, 0.3) is 10.0 Å². The first-order valence-electron chi connectivity index (χ1n) is 8.03. The van der Waals surface area contributed by atoms with Crippen molar-refractivity contribution in [2.24, 2.45) is 0 Å². The molecule has 0 spiro atoms. The number of hydrogen-bond acceptors (Lipinski definition) is 4. The van der Waals surface area contributed by atoms with Crippen molar-refractivity contribution in [3.8, 4) is 0 Å². The molecule has 2 aromatic carbocycles. The standard InChI is InChI=1S/C19H17F2N3O2S/c1-12-3-7-18(13(2)9-12)27(25,26)24-19-8-5-15(11-22-19)23-14-4-6-16(20)17(21)10-14/h3-11,23H,1-2H3,(H,22,24). The third-order valence-corrected chi connectivity index (χ3v) is 5.35. The first-order valence-corrected chi connectivity index (χ1v) is 9.51. The number of aromatic nitrogens is 1. The van der Waals surface area contributed by atoms with E-state index in [1.165, 1.54) is 18.3 Å². The molecule has 3 rings (SSSR count). The maximum absolute atomic E-state index is 13.2. The van der Waals surface area contributed by atoms with Gasteiger partial charge in [0, 0.05) is 11.8 Å². The van der Waals surface area contributed by atoms with Gasteiger partial charge in [0.15, 0.2) is 11.6 Å². The maximum atomic E-state index is 13.2. The van der Waals surface area contributed by atoms with Crippen LogP contribution in [0, 0.1) is 25.5 Å². The van der Waals surface area contributed by atoms with Crippen LogP contribution in [0.2, 0.25) is 0 Å². The van der Waals surface area contributed by atoms with E-state index in [0.717, 1.165) is 17.7 Å². The van der Waals surface area contributed by atoms with Gasteiger partial charge in [-0.3, -0.25) is 4.72 Å². The van der Waals surface area contributed by atoms with Gasteiger partial charge in [-0.15, -0.1) is 0 Å². The molecule has 0 aliphatic heterocycles. The van der Waals surface area contributed by atoms with Crippen molar-refractivity contribution in [1.29, 1.82) is 0 Å². The highest BCUT2D eigenvalue weighted by Gasteiger charge is 2.17. The molecular formula is C19H17F2N3O2S. The van der Waals surface area contributed by atoms with Gasteiger partial charge < -0.3 is 5.32 Å². The molecule has 0 aliphatic rings. The van der Waals surface area contributed by atoms with Crippen LogP contribution in [0.4, 0.5) is 26.0 Å². The lowest BCUT2D eigenvalue weighted by Crippen LogP contribution is -2.15. The molecule has 2 N–H and O–H groups in total. The summed E-state index contributed by atoms with van der Waals surface area (Å²) in [5, 5.41) is 2.86. The fraction of sp³-hybridized carbons (Fsp3) is 0.105. The molecule has 1 heterocycles. The number of anilines is 3. The van der Waals surface area contributed by atoms with Gasteiger partial charge >= 0.3 is 0 Å². The zero-order valence-electron chi connectivity index (χ0n) is 14.6. The summed E-state index contributed by atoms with van der Waals surface area (Å²) in [5.74, 6) is -1.76. The van der Waals surface area contributed by atoms with Crippen molar-refractivity contribution < 1.29 is 17.2 Å². The van der Waals surface area contributed by atoms with Crippen LogP contribution in [0.5, 0.6) is 0 Å². The first kappa shape index (κ1) is 18.8. The minimum absolute atomic E-state index is 0.144. The minimum atomic E-state index is -3.77. The Labute approximate surface area is 156 Å². The van der Waals surface area contributed by atoms with Gasteiger partial charge in [0.2, 0.25) is 0 Å². The van der Waals surface area contributed by atoms with E-state index in [1.54, 1.807) is 31.2 Å². The summed E-state index contributed by atoms with van der Waals surface area (Å²) in [4.78, 5) is 4.23. The van der Waals surface area contributed by atoms with Crippen LogP contribution in [0.25, 0.3) is 0 Å². The third-order valence-electron chi connectivity index (χ3n) is 3.83. The molecule has 0 bridgehead atoms. The fourth-order valence-corrected chi connectivity index (χ4v) is 3.80. The molecule has 0 unspecified atom stereocenters. The van der Waals surface area contributed by atoms with E-state index in [1.807, 2.05) is 6.92 Å². The summed E-state index contributed by atoms with van der Waals surface area (Å²) in [6.45, 7) is 3.61. The van der Waals surface area contributed by atoms with Crippen molar-refractivity contribution in [3.63, 3.8) is 0 Å². The predicted molar refractivity (Wildman–Crippen MR) is 101 cm³/mol. The largest absolute Gasteiger partial charge is 0.354 e. The molecule has 0 atom stereocenters. The normalized spacial score (nSPS) is 11.3. The number of halogens is 2. The SMILES string of the molecule is Cc1ccc(S(=O)(=O)Nc2ccc(Nc3ccc(F)c(F)c3)cn2)c(C)c1. The predicted octanol–water partition coefficient (Wildman–Crippen LogP) is 4.52. The quantitative estimate of drug-likeness (QED) is 0.673. The van der Waals surface area contributed by atoms with Gasteiger partial charge in [0.05, 0.1) is 16.8 Å². The fourth-order valence-electron chi connectivity index (χ4n) is 2.56. The summed E-state index contributed by atoms with van der Waals surface area (Å²) in [6.07, 6.45) is 1.39. The zero-order valence-corrected chi connectivity index (χ0v) is 15.4. The second-order valence-electron chi connectivity index (χ2n) is 6.06. The van der Waals surface area contributed by atoms with E-state index in [4.69, 9.17) is 0 Å². The molecule has 1 aromatic heterocycles. The molecule has 5 nitrogen and oxygen atoms in total. The minimum Gasteiger partial charge on any atom is -0.354 e. The van der Waals surface area contributed by atoms with Gasteiger partial charge in [-0.1, -0.05) is 17.7 Å². The first-order chi connectivity index (χ1) is 12.7. The summed E-state index contributed by atoms with van der Waals surface area (Å²) >= 11 is 0. The second kappa shape index (κ2) is 7.32. The number of nitrogens with one attached hydrogen (secondary N) is 2.